The zero-order valence-corrected chi connectivity index (χ0v) is 13.1. The molecule has 2 aromatic rings. The molecule has 2 nitrogen and oxygen atoms in total. The fourth-order valence-electron chi connectivity index (χ4n) is 2.87. The van der Waals surface area contributed by atoms with Crippen molar-refractivity contribution in [3.05, 3.63) is 64.1 Å². The van der Waals surface area contributed by atoms with Crippen molar-refractivity contribution in [3.63, 3.8) is 0 Å². The van der Waals surface area contributed by atoms with Gasteiger partial charge in [0, 0.05) is 22.0 Å². The van der Waals surface area contributed by atoms with Gasteiger partial charge in [-0.1, -0.05) is 52.3 Å². The van der Waals surface area contributed by atoms with Crippen molar-refractivity contribution < 1.29 is 4.74 Å². The van der Waals surface area contributed by atoms with Crippen LogP contribution in [0.15, 0.2) is 53.0 Å². The van der Waals surface area contributed by atoms with Crippen molar-refractivity contribution in [2.24, 2.45) is 0 Å². The first-order valence-electron chi connectivity index (χ1n) is 6.92. The highest BCUT2D eigenvalue weighted by Gasteiger charge is 2.30. The Labute approximate surface area is 128 Å². The standard InChI is InChI=1S/C17H18BrNO/c1-19-16(10-12-6-2-4-8-15(12)18)14-11-20-17-9-5-3-7-13(14)17/h2-9,14,16,19H,10-11H2,1H3. The third-order valence-corrected chi connectivity index (χ3v) is 4.76. The first-order chi connectivity index (χ1) is 9.79. The maximum absolute atomic E-state index is 5.81. The smallest absolute Gasteiger partial charge is 0.122 e. The molecular formula is C17H18BrNO. The average molecular weight is 332 g/mol. The molecular weight excluding hydrogens is 314 g/mol. The number of hydrogen-bond donors (Lipinski definition) is 1. The fraction of sp³-hybridized carbons (Fsp3) is 0.294. The number of hydrogen-bond acceptors (Lipinski definition) is 2. The number of ether oxygens (including phenoxy) is 1. The van der Waals surface area contributed by atoms with Gasteiger partial charge in [-0.2, -0.15) is 0 Å². The minimum Gasteiger partial charge on any atom is -0.493 e. The Balaban J connectivity index is 1.83. The molecule has 3 rings (SSSR count). The van der Waals surface area contributed by atoms with E-state index in [-0.39, 0.29) is 0 Å². The summed E-state index contributed by atoms with van der Waals surface area (Å²) in [5.41, 5.74) is 2.65. The maximum atomic E-state index is 5.81. The summed E-state index contributed by atoms with van der Waals surface area (Å²) in [4.78, 5) is 0. The van der Waals surface area contributed by atoms with Crippen LogP contribution in [0.2, 0.25) is 0 Å². The molecule has 0 amide bonds. The van der Waals surface area contributed by atoms with Crippen LogP contribution in [0.4, 0.5) is 0 Å². The van der Waals surface area contributed by atoms with Crippen molar-refractivity contribution in [3.8, 4) is 5.75 Å². The normalized spacial score (nSPS) is 18.4. The Kier molecular flexibility index (Phi) is 4.08. The molecule has 2 aromatic carbocycles. The van der Waals surface area contributed by atoms with Gasteiger partial charge in [0.15, 0.2) is 0 Å². The molecule has 20 heavy (non-hydrogen) atoms. The molecule has 0 bridgehead atoms. The summed E-state index contributed by atoms with van der Waals surface area (Å²) in [5.74, 6) is 1.44. The van der Waals surface area contributed by atoms with Crippen molar-refractivity contribution in [2.75, 3.05) is 13.7 Å². The summed E-state index contributed by atoms with van der Waals surface area (Å²) in [7, 11) is 2.03. The Hall–Kier alpha value is -1.32. The molecule has 0 aromatic heterocycles. The van der Waals surface area contributed by atoms with Crippen LogP contribution >= 0.6 is 15.9 Å². The van der Waals surface area contributed by atoms with Gasteiger partial charge in [0.05, 0.1) is 6.61 Å². The second-order valence-corrected chi connectivity index (χ2v) is 6.00. The maximum Gasteiger partial charge on any atom is 0.122 e. The van der Waals surface area contributed by atoms with Gasteiger partial charge in [-0.15, -0.1) is 0 Å². The van der Waals surface area contributed by atoms with E-state index in [4.69, 9.17) is 4.74 Å². The number of fused-ring (bicyclic) bond motifs is 1. The van der Waals surface area contributed by atoms with Crippen LogP contribution in [-0.4, -0.2) is 19.7 Å². The van der Waals surface area contributed by atoms with E-state index in [1.54, 1.807) is 0 Å². The van der Waals surface area contributed by atoms with Gasteiger partial charge < -0.3 is 10.1 Å². The van der Waals surface area contributed by atoms with Gasteiger partial charge in [-0.3, -0.25) is 0 Å². The quantitative estimate of drug-likeness (QED) is 0.921. The van der Waals surface area contributed by atoms with E-state index in [0.717, 1.165) is 18.8 Å². The number of halogens is 1. The predicted molar refractivity (Wildman–Crippen MR) is 85.4 cm³/mol. The summed E-state index contributed by atoms with van der Waals surface area (Å²) >= 11 is 3.64. The first kappa shape index (κ1) is 13.7. The number of nitrogens with one attached hydrogen (secondary N) is 1. The molecule has 0 saturated heterocycles. The molecule has 1 heterocycles. The van der Waals surface area contributed by atoms with Gasteiger partial charge in [0.1, 0.15) is 5.75 Å². The highest BCUT2D eigenvalue weighted by atomic mass is 79.9. The molecule has 0 radical (unpaired) electrons. The lowest BCUT2D eigenvalue weighted by Gasteiger charge is -2.23. The summed E-state index contributed by atoms with van der Waals surface area (Å²) < 4.78 is 6.98. The average Bonchev–Trinajstić information content (AvgIpc) is 2.90. The van der Waals surface area contributed by atoms with Gasteiger partial charge in [-0.25, -0.2) is 0 Å². The van der Waals surface area contributed by atoms with E-state index >= 15 is 0 Å². The van der Waals surface area contributed by atoms with Gasteiger partial charge >= 0.3 is 0 Å². The lowest BCUT2D eigenvalue weighted by molar-refractivity contribution is 0.302. The van der Waals surface area contributed by atoms with Crippen molar-refractivity contribution >= 4 is 15.9 Å². The largest absolute Gasteiger partial charge is 0.493 e. The second kappa shape index (κ2) is 5.98. The van der Waals surface area contributed by atoms with Crippen molar-refractivity contribution in [1.29, 1.82) is 0 Å². The number of likely N-dealkylation sites (N-methyl/N-ethyl adjacent to an activating group) is 1. The Morgan fingerprint density at radius 1 is 1.20 bits per heavy atom. The minimum atomic E-state index is 0.373. The van der Waals surface area contributed by atoms with E-state index in [1.807, 2.05) is 13.1 Å². The topological polar surface area (TPSA) is 21.3 Å². The van der Waals surface area contributed by atoms with Crippen LogP contribution in [0.25, 0.3) is 0 Å². The highest BCUT2D eigenvalue weighted by Crippen LogP contribution is 2.36. The van der Waals surface area contributed by atoms with Crippen molar-refractivity contribution in [2.45, 2.75) is 18.4 Å². The summed E-state index contributed by atoms with van der Waals surface area (Å²) in [6.45, 7) is 0.759. The highest BCUT2D eigenvalue weighted by molar-refractivity contribution is 9.10. The summed E-state index contributed by atoms with van der Waals surface area (Å²) in [6, 6.07) is 17.1. The van der Waals surface area contributed by atoms with E-state index in [9.17, 15) is 0 Å². The van der Waals surface area contributed by atoms with Gasteiger partial charge in [-0.05, 0) is 31.2 Å². The Bertz CT molecular complexity index is 599. The molecule has 2 unspecified atom stereocenters. The second-order valence-electron chi connectivity index (χ2n) is 5.15. The lowest BCUT2D eigenvalue weighted by Crippen LogP contribution is -2.35. The molecule has 0 aliphatic carbocycles. The molecule has 1 N–H and O–H groups in total. The number of benzene rings is 2. The molecule has 1 aliphatic heterocycles. The fourth-order valence-corrected chi connectivity index (χ4v) is 3.31. The molecule has 1 aliphatic rings. The molecule has 0 spiro atoms. The minimum absolute atomic E-state index is 0.373. The Morgan fingerprint density at radius 3 is 2.75 bits per heavy atom. The van der Waals surface area contributed by atoms with Crippen LogP contribution in [0.3, 0.4) is 0 Å². The lowest BCUT2D eigenvalue weighted by atomic mass is 9.89. The van der Waals surface area contributed by atoms with E-state index < -0.39 is 0 Å². The van der Waals surface area contributed by atoms with Crippen molar-refractivity contribution in [1.82, 2.24) is 5.32 Å². The van der Waals surface area contributed by atoms with Crippen LogP contribution in [0.5, 0.6) is 5.75 Å². The van der Waals surface area contributed by atoms with Crippen LogP contribution in [-0.2, 0) is 6.42 Å². The number of para-hydroxylation sites is 1. The molecule has 3 heteroatoms. The van der Waals surface area contributed by atoms with Crippen LogP contribution in [0.1, 0.15) is 17.0 Å². The molecule has 104 valence electrons. The monoisotopic (exact) mass is 331 g/mol. The number of rotatable bonds is 4. The summed E-state index contributed by atoms with van der Waals surface area (Å²) in [6.07, 6.45) is 0.986. The van der Waals surface area contributed by atoms with Crippen LogP contribution in [0, 0.1) is 0 Å². The summed E-state index contributed by atoms with van der Waals surface area (Å²) in [5, 5.41) is 3.46. The van der Waals surface area contributed by atoms with Gasteiger partial charge in [0.2, 0.25) is 0 Å². The third kappa shape index (κ3) is 2.60. The zero-order chi connectivity index (χ0) is 13.9. The van der Waals surface area contributed by atoms with E-state index in [1.165, 1.54) is 15.6 Å². The predicted octanol–water partition coefficient (Wildman–Crippen LogP) is 3.76. The SMILES string of the molecule is CNC(Cc1ccccc1Br)C1COc2ccccc21. The van der Waals surface area contributed by atoms with Gasteiger partial charge in [0.25, 0.3) is 0 Å². The van der Waals surface area contributed by atoms with E-state index in [2.05, 4.69) is 63.7 Å². The molecule has 0 fully saturated rings. The Morgan fingerprint density at radius 2 is 1.95 bits per heavy atom. The first-order valence-corrected chi connectivity index (χ1v) is 7.71. The zero-order valence-electron chi connectivity index (χ0n) is 11.5. The van der Waals surface area contributed by atoms with E-state index in [0.29, 0.717) is 12.0 Å². The van der Waals surface area contributed by atoms with Crippen LogP contribution < -0.4 is 10.1 Å². The third-order valence-electron chi connectivity index (χ3n) is 3.99. The molecule has 0 saturated carbocycles. The molecule has 2 atom stereocenters.